The minimum atomic E-state index is -0.301. The van der Waals surface area contributed by atoms with Gasteiger partial charge < -0.3 is 10.6 Å². The molecule has 98 valence electrons. The fourth-order valence-corrected chi connectivity index (χ4v) is 2.31. The van der Waals surface area contributed by atoms with Crippen LogP contribution in [0.2, 0.25) is 0 Å². The van der Waals surface area contributed by atoms with Crippen LogP contribution in [0.15, 0.2) is 18.2 Å². The Labute approximate surface area is 106 Å². The lowest BCUT2D eigenvalue weighted by atomic mass is 10.1. The van der Waals surface area contributed by atoms with Gasteiger partial charge >= 0.3 is 0 Å². The van der Waals surface area contributed by atoms with Gasteiger partial charge in [0.1, 0.15) is 5.82 Å². The molecule has 2 rings (SSSR count). The fourth-order valence-electron chi connectivity index (χ4n) is 2.31. The number of amides is 1. The number of hydrogen-bond donors (Lipinski definition) is 1. The van der Waals surface area contributed by atoms with Crippen molar-refractivity contribution in [1.82, 2.24) is 4.90 Å². The lowest BCUT2D eigenvalue weighted by Crippen LogP contribution is -2.49. The van der Waals surface area contributed by atoms with Crippen LogP contribution in [0.25, 0.3) is 0 Å². The Bertz CT molecular complexity index is 442. The van der Waals surface area contributed by atoms with E-state index < -0.39 is 0 Å². The van der Waals surface area contributed by atoms with Gasteiger partial charge in [-0.15, -0.1) is 0 Å². The highest BCUT2D eigenvalue weighted by molar-refractivity contribution is 5.76. The third kappa shape index (κ3) is 2.79. The Kier molecular flexibility index (Phi) is 3.81. The lowest BCUT2D eigenvalue weighted by molar-refractivity contribution is -0.119. The van der Waals surface area contributed by atoms with Gasteiger partial charge in [0.15, 0.2) is 0 Å². The van der Waals surface area contributed by atoms with Crippen LogP contribution in [0.1, 0.15) is 5.56 Å². The molecule has 1 aromatic rings. The van der Waals surface area contributed by atoms with Crippen molar-refractivity contribution in [1.29, 1.82) is 0 Å². The first kappa shape index (κ1) is 12.8. The molecule has 0 bridgehead atoms. The fraction of sp³-hybridized carbons (Fsp3) is 0.462. The molecule has 18 heavy (non-hydrogen) atoms. The summed E-state index contributed by atoms with van der Waals surface area (Å²) in [6.07, 6.45) is 0. The first-order valence-electron chi connectivity index (χ1n) is 6.08. The molecule has 0 radical (unpaired) electrons. The number of nitrogens with zero attached hydrogens (tertiary/aromatic N) is 2. The van der Waals surface area contributed by atoms with Crippen LogP contribution in [0.4, 0.5) is 10.1 Å². The molecule has 0 spiro atoms. The summed E-state index contributed by atoms with van der Waals surface area (Å²) in [5.74, 6) is -0.475. The second kappa shape index (κ2) is 5.35. The maximum atomic E-state index is 13.5. The number of piperazine rings is 1. The third-order valence-corrected chi connectivity index (χ3v) is 3.33. The Balaban J connectivity index is 2.01. The van der Waals surface area contributed by atoms with E-state index in [1.165, 1.54) is 6.07 Å². The Morgan fingerprint density at radius 2 is 2.00 bits per heavy atom. The Hall–Kier alpha value is -1.62. The normalized spacial score (nSPS) is 16.9. The van der Waals surface area contributed by atoms with Gasteiger partial charge in [0.2, 0.25) is 5.91 Å². The lowest BCUT2D eigenvalue weighted by Gasteiger charge is -2.36. The van der Waals surface area contributed by atoms with E-state index in [9.17, 15) is 9.18 Å². The molecule has 1 aliphatic rings. The molecule has 1 amide bonds. The van der Waals surface area contributed by atoms with Crippen LogP contribution < -0.4 is 10.6 Å². The van der Waals surface area contributed by atoms with Crippen molar-refractivity contribution in [3.8, 4) is 0 Å². The number of carbonyl (C=O) groups excluding carboxylic acids is 1. The Morgan fingerprint density at radius 3 is 2.61 bits per heavy atom. The minimum absolute atomic E-state index is 0.174. The van der Waals surface area contributed by atoms with Gasteiger partial charge in [-0.25, -0.2) is 4.39 Å². The van der Waals surface area contributed by atoms with E-state index in [1.807, 2.05) is 11.0 Å². The zero-order valence-corrected chi connectivity index (χ0v) is 10.5. The summed E-state index contributed by atoms with van der Waals surface area (Å²) in [7, 11) is 0. The topological polar surface area (TPSA) is 49.6 Å². The number of halogens is 1. The smallest absolute Gasteiger partial charge is 0.231 e. The number of carbonyl (C=O) groups is 1. The number of primary amides is 1. The number of benzene rings is 1. The summed E-state index contributed by atoms with van der Waals surface area (Å²) in [5, 5.41) is 0. The van der Waals surface area contributed by atoms with Gasteiger partial charge in [-0.3, -0.25) is 9.69 Å². The van der Waals surface area contributed by atoms with Crippen molar-refractivity contribution in [2.45, 2.75) is 6.92 Å². The molecule has 0 aromatic heterocycles. The van der Waals surface area contributed by atoms with E-state index in [-0.39, 0.29) is 11.7 Å². The first-order valence-corrected chi connectivity index (χ1v) is 6.08. The highest BCUT2D eigenvalue weighted by Gasteiger charge is 2.19. The van der Waals surface area contributed by atoms with Gasteiger partial charge in [0.25, 0.3) is 0 Å². The zero-order valence-electron chi connectivity index (χ0n) is 10.5. The van der Waals surface area contributed by atoms with Crippen molar-refractivity contribution < 1.29 is 9.18 Å². The second-order valence-corrected chi connectivity index (χ2v) is 4.61. The van der Waals surface area contributed by atoms with Crippen LogP contribution >= 0.6 is 0 Å². The van der Waals surface area contributed by atoms with Crippen molar-refractivity contribution >= 4 is 11.6 Å². The molecule has 0 saturated carbocycles. The van der Waals surface area contributed by atoms with Crippen LogP contribution in [0.3, 0.4) is 0 Å². The van der Waals surface area contributed by atoms with E-state index in [0.29, 0.717) is 12.1 Å². The van der Waals surface area contributed by atoms with E-state index in [1.54, 1.807) is 13.0 Å². The van der Waals surface area contributed by atoms with Crippen LogP contribution in [-0.4, -0.2) is 43.5 Å². The van der Waals surface area contributed by atoms with Crippen LogP contribution in [0.5, 0.6) is 0 Å². The van der Waals surface area contributed by atoms with Gasteiger partial charge in [0, 0.05) is 37.4 Å². The molecule has 1 saturated heterocycles. The van der Waals surface area contributed by atoms with Crippen LogP contribution in [0, 0.1) is 12.7 Å². The highest BCUT2D eigenvalue weighted by Crippen LogP contribution is 2.23. The number of anilines is 1. The van der Waals surface area contributed by atoms with Crippen LogP contribution in [-0.2, 0) is 4.79 Å². The van der Waals surface area contributed by atoms with Crippen molar-refractivity contribution in [3.63, 3.8) is 0 Å². The predicted molar refractivity (Wildman–Crippen MR) is 69.0 cm³/mol. The molecule has 0 aliphatic carbocycles. The molecular weight excluding hydrogens is 233 g/mol. The Morgan fingerprint density at radius 1 is 1.33 bits per heavy atom. The maximum absolute atomic E-state index is 13.5. The monoisotopic (exact) mass is 251 g/mol. The van der Waals surface area contributed by atoms with Crippen molar-refractivity contribution in [3.05, 3.63) is 29.6 Å². The standard InChI is InChI=1S/C13H18FN3O/c1-10-11(14)3-2-4-12(10)17-7-5-16(6-8-17)9-13(15)18/h2-4H,5-9H2,1H3,(H2,15,18). The predicted octanol–water partition coefficient (Wildman–Crippen LogP) is 0.741. The molecule has 0 atom stereocenters. The molecule has 2 N–H and O–H groups in total. The zero-order chi connectivity index (χ0) is 13.1. The maximum Gasteiger partial charge on any atom is 0.231 e. The SMILES string of the molecule is Cc1c(F)cccc1N1CCN(CC(N)=O)CC1. The third-order valence-electron chi connectivity index (χ3n) is 3.33. The molecule has 1 fully saturated rings. The quantitative estimate of drug-likeness (QED) is 0.862. The van der Waals surface area contributed by atoms with Crippen molar-refractivity contribution in [2.75, 3.05) is 37.6 Å². The van der Waals surface area contributed by atoms with Gasteiger partial charge in [-0.1, -0.05) is 6.07 Å². The second-order valence-electron chi connectivity index (χ2n) is 4.61. The van der Waals surface area contributed by atoms with Gasteiger partial charge in [0.05, 0.1) is 6.54 Å². The van der Waals surface area contributed by atoms with Gasteiger partial charge in [-0.2, -0.15) is 0 Å². The summed E-state index contributed by atoms with van der Waals surface area (Å²) in [6.45, 7) is 5.23. The number of hydrogen-bond acceptors (Lipinski definition) is 3. The number of rotatable bonds is 3. The molecule has 1 aromatic carbocycles. The molecule has 5 heteroatoms. The molecule has 4 nitrogen and oxygen atoms in total. The summed E-state index contributed by atoms with van der Waals surface area (Å²) in [6, 6.07) is 5.14. The largest absolute Gasteiger partial charge is 0.369 e. The minimum Gasteiger partial charge on any atom is -0.369 e. The van der Waals surface area contributed by atoms with E-state index in [2.05, 4.69) is 4.90 Å². The summed E-state index contributed by atoms with van der Waals surface area (Å²) in [4.78, 5) is 15.0. The molecular formula is C13H18FN3O. The van der Waals surface area contributed by atoms with Crippen molar-refractivity contribution in [2.24, 2.45) is 5.73 Å². The van der Waals surface area contributed by atoms with E-state index in [4.69, 9.17) is 5.73 Å². The summed E-state index contributed by atoms with van der Waals surface area (Å²) < 4.78 is 13.5. The average Bonchev–Trinajstić information content (AvgIpc) is 2.33. The number of nitrogens with two attached hydrogens (primary N) is 1. The molecule has 1 heterocycles. The van der Waals surface area contributed by atoms with E-state index >= 15 is 0 Å². The highest BCUT2D eigenvalue weighted by atomic mass is 19.1. The van der Waals surface area contributed by atoms with Gasteiger partial charge in [-0.05, 0) is 19.1 Å². The summed E-state index contributed by atoms with van der Waals surface area (Å²) >= 11 is 0. The first-order chi connectivity index (χ1) is 8.58. The average molecular weight is 251 g/mol. The summed E-state index contributed by atoms with van der Waals surface area (Å²) in [5.41, 5.74) is 6.79. The molecule has 1 aliphatic heterocycles. The molecule has 0 unspecified atom stereocenters. The van der Waals surface area contributed by atoms with E-state index in [0.717, 1.165) is 31.9 Å².